The van der Waals surface area contributed by atoms with Crippen molar-refractivity contribution in [2.45, 2.75) is 38.3 Å². The molecule has 19 heavy (non-hydrogen) atoms. The van der Waals surface area contributed by atoms with E-state index in [4.69, 9.17) is 0 Å². The Morgan fingerprint density at radius 3 is 2.42 bits per heavy atom. The molecule has 7 nitrogen and oxygen atoms in total. The molecule has 0 spiro atoms. The van der Waals surface area contributed by atoms with Crippen molar-refractivity contribution in [2.24, 2.45) is 0 Å². The number of amides is 3. The van der Waals surface area contributed by atoms with E-state index >= 15 is 0 Å². The largest absolute Gasteiger partial charge is 0.480 e. The van der Waals surface area contributed by atoms with Gasteiger partial charge in [0, 0.05) is 20.6 Å². The lowest BCUT2D eigenvalue weighted by molar-refractivity contribution is -0.147. The summed E-state index contributed by atoms with van der Waals surface area (Å²) in [7, 11) is 3.20. The molecular weight excluding hydrogens is 250 g/mol. The van der Waals surface area contributed by atoms with Gasteiger partial charge in [-0.25, -0.2) is 9.59 Å². The molecule has 2 unspecified atom stereocenters. The number of aliphatic carboxylic acids is 1. The van der Waals surface area contributed by atoms with Crippen LogP contribution in [-0.2, 0) is 9.59 Å². The highest BCUT2D eigenvalue weighted by Crippen LogP contribution is 2.29. The second-order valence-electron chi connectivity index (χ2n) is 5.24. The zero-order valence-electron chi connectivity index (χ0n) is 11.8. The van der Waals surface area contributed by atoms with Gasteiger partial charge in [-0.3, -0.25) is 4.79 Å². The summed E-state index contributed by atoms with van der Waals surface area (Å²) < 4.78 is 0. The Morgan fingerprint density at radius 2 is 1.95 bits per heavy atom. The summed E-state index contributed by atoms with van der Waals surface area (Å²) in [5.41, 5.74) is -1.19. The van der Waals surface area contributed by atoms with Crippen LogP contribution in [0.3, 0.4) is 0 Å². The maximum Gasteiger partial charge on any atom is 0.329 e. The Balaban J connectivity index is 2.73. The number of nitrogens with zero attached hydrogens (tertiary/aromatic N) is 2. The molecule has 108 valence electrons. The van der Waals surface area contributed by atoms with Crippen molar-refractivity contribution in [3.63, 3.8) is 0 Å². The molecule has 0 bridgehead atoms. The highest BCUT2D eigenvalue weighted by Gasteiger charge is 2.46. The van der Waals surface area contributed by atoms with E-state index in [1.807, 2.05) is 0 Å². The van der Waals surface area contributed by atoms with Gasteiger partial charge in [-0.1, -0.05) is 0 Å². The third kappa shape index (κ3) is 2.97. The Kier molecular flexibility index (Phi) is 4.39. The van der Waals surface area contributed by atoms with Gasteiger partial charge in [0.05, 0.1) is 0 Å². The number of carboxylic acids is 1. The molecule has 7 heteroatoms. The van der Waals surface area contributed by atoms with Gasteiger partial charge in [0.15, 0.2) is 0 Å². The van der Waals surface area contributed by atoms with Crippen LogP contribution in [0.2, 0.25) is 0 Å². The number of urea groups is 1. The van der Waals surface area contributed by atoms with Crippen molar-refractivity contribution in [3.8, 4) is 0 Å². The zero-order valence-corrected chi connectivity index (χ0v) is 11.8. The molecule has 1 rings (SSSR count). The molecule has 0 radical (unpaired) electrons. The SMILES string of the molecule is CC(NC(=O)N1CCCC1(C)C(=O)O)C(=O)N(C)C. The molecule has 1 saturated heterocycles. The van der Waals surface area contributed by atoms with Crippen LogP contribution in [0.5, 0.6) is 0 Å². The second kappa shape index (κ2) is 5.46. The zero-order chi connectivity index (χ0) is 14.8. The number of nitrogens with one attached hydrogen (secondary N) is 1. The molecule has 2 atom stereocenters. The predicted octanol–water partition coefficient (Wildman–Crippen LogP) is 0.112. The van der Waals surface area contributed by atoms with E-state index in [0.29, 0.717) is 19.4 Å². The molecule has 2 N–H and O–H groups in total. The first-order valence-corrected chi connectivity index (χ1v) is 6.23. The van der Waals surface area contributed by atoms with Crippen molar-refractivity contribution in [2.75, 3.05) is 20.6 Å². The van der Waals surface area contributed by atoms with Gasteiger partial charge in [0.2, 0.25) is 5.91 Å². The molecule has 1 heterocycles. The van der Waals surface area contributed by atoms with Gasteiger partial charge >= 0.3 is 12.0 Å². The molecule has 0 aliphatic carbocycles. The van der Waals surface area contributed by atoms with E-state index in [9.17, 15) is 19.5 Å². The molecule has 1 aliphatic rings. The summed E-state index contributed by atoms with van der Waals surface area (Å²) in [4.78, 5) is 37.7. The van der Waals surface area contributed by atoms with Gasteiger partial charge < -0.3 is 20.2 Å². The number of rotatable bonds is 3. The van der Waals surface area contributed by atoms with E-state index < -0.39 is 23.6 Å². The van der Waals surface area contributed by atoms with Crippen molar-refractivity contribution >= 4 is 17.9 Å². The van der Waals surface area contributed by atoms with E-state index in [1.165, 1.54) is 16.7 Å². The Morgan fingerprint density at radius 1 is 1.37 bits per heavy atom. The first kappa shape index (κ1) is 15.3. The van der Waals surface area contributed by atoms with E-state index in [2.05, 4.69) is 5.32 Å². The monoisotopic (exact) mass is 271 g/mol. The number of hydrogen-bond donors (Lipinski definition) is 2. The lowest BCUT2D eigenvalue weighted by Gasteiger charge is -2.32. The third-order valence-corrected chi connectivity index (χ3v) is 3.50. The molecule has 0 aromatic carbocycles. The third-order valence-electron chi connectivity index (χ3n) is 3.50. The lowest BCUT2D eigenvalue weighted by atomic mass is 10.00. The maximum atomic E-state index is 12.1. The van der Waals surface area contributed by atoms with Crippen LogP contribution in [0, 0.1) is 0 Å². The average molecular weight is 271 g/mol. The highest BCUT2D eigenvalue weighted by atomic mass is 16.4. The standard InChI is InChI=1S/C12H21N3O4/c1-8(9(16)14(3)4)13-11(19)15-7-5-6-12(15,2)10(17)18/h8H,5-7H2,1-4H3,(H,13,19)(H,17,18). The maximum absolute atomic E-state index is 12.1. The number of carbonyl (C=O) groups excluding carboxylic acids is 2. The molecule has 3 amide bonds. The van der Waals surface area contributed by atoms with Crippen LogP contribution in [0.15, 0.2) is 0 Å². The summed E-state index contributed by atoms with van der Waals surface area (Å²) in [6.45, 7) is 3.49. The second-order valence-corrected chi connectivity index (χ2v) is 5.24. The summed E-state index contributed by atoms with van der Waals surface area (Å²) >= 11 is 0. The summed E-state index contributed by atoms with van der Waals surface area (Å²) in [6, 6.07) is -1.19. The van der Waals surface area contributed by atoms with Gasteiger partial charge in [0.25, 0.3) is 0 Å². The number of carbonyl (C=O) groups is 3. The van der Waals surface area contributed by atoms with Gasteiger partial charge in [0.1, 0.15) is 11.6 Å². The lowest BCUT2D eigenvalue weighted by Crippen LogP contribution is -2.57. The summed E-state index contributed by atoms with van der Waals surface area (Å²) in [5, 5.41) is 11.8. The molecule has 1 aliphatic heterocycles. The first-order valence-electron chi connectivity index (χ1n) is 6.23. The first-order chi connectivity index (χ1) is 8.70. The topological polar surface area (TPSA) is 90.0 Å². The number of hydrogen-bond acceptors (Lipinski definition) is 3. The van der Waals surface area contributed by atoms with Gasteiger partial charge in [-0.05, 0) is 26.7 Å². The quantitative estimate of drug-likeness (QED) is 0.762. The molecule has 0 aromatic heterocycles. The molecule has 0 aromatic rings. The fourth-order valence-electron chi connectivity index (χ4n) is 2.22. The van der Waals surface area contributed by atoms with Crippen LogP contribution in [0.25, 0.3) is 0 Å². The van der Waals surface area contributed by atoms with Crippen LogP contribution >= 0.6 is 0 Å². The average Bonchev–Trinajstić information content (AvgIpc) is 2.71. The summed E-state index contributed by atoms with van der Waals surface area (Å²) in [6.07, 6.45) is 1.07. The number of likely N-dealkylation sites (tertiary alicyclic amines) is 1. The normalized spacial score (nSPS) is 23.9. The Labute approximate surface area is 112 Å². The Hall–Kier alpha value is -1.79. The van der Waals surface area contributed by atoms with Gasteiger partial charge in [-0.15, -0.1) is 0 Å². The Bertz CT molecular complexity index is 396. The van der Waals surface area contributed by atoms with Crippen LogP contribution in [0.1, 0.15) is 26.7 Å². The molecule has 1 fully saturated rings. The van der Waals surface area contributed by atoms with Crippen LogP contribution < -0.4 is 5.32 Å². The van der Waals surface area contributed by atoms with Crippen molar-refractivity contribution < 1.29 is 19.5 Å². The van der Waals surface area contributed by atoms with Gasteiger partial charge in [-0.2, -0.15) is 0 Å². The highest BCUT2D eigenvalue weighted by molar-refractivity contribution is 5.90. The molecular formula is C12H21N3O4. The van der Waals surface area contributed by atoms with Crippen molar-refractivity contribution in [3.05, 3.63) is 0 Å². The smallest absolute Gasteiger partial charge is 0.329 e. The van der Waals surface area contributed by atoms with Crippen molar-refractivity contribution in [1.82, 2.24) is 15.1 Å². The van der Waals surface area contributed by atoms with Crippen LogP contribution in [0.4, 0.5) is 4.79 Å². The minimum atomic E-state index is -1.19. The summed E-state index contributed by atoms with van der Waals surface area (Å²) in [5.74, 6) is -1.25. The van der Waals surface area contributed by atoms with E-state index in [0.717, 1.165) is 0 Å². The predicted molar refractivity (Wildman–Crippen MR) is 68.7 cm³/mol. The van der Waals surface area contributed by atoms with E-state index in [-0.39, 0.29) is 5.91 Å². The fourth-order valence-corrected chi connectivity index (χ4v) is 2.22. The van der Waals surface area contributed by atoms with E-state index in [1.54, 1.807) is 21.0 Å². The number of likely N-dealkylation sites (N-methyl/N-ethyl adjacent to an activating group) is 1. The fraction of sp³-hybridized carbons (Fsp3) is 0.750. The minimum absolute atomic E-state index is 0.232. The number of carboxylic acid groups (broad SMARTS) is 1. The van der Waals surface area contributed by atoms with Crippen LogP contribution in [-0.4, -0.2) is 65.0 Å². The van der Waals surface area contributed by atoms with Crippen molar-refractivity contribution in [1.29, 1.82) is 0 Å². The molecule has 0 saturated carbocycles. The minimum Gasteiger partial charge on any atom is -0.480 e.